The molecule has 0 radical (unpaired) electrons. The van der Waals surface area contributed by atoms with E-state index in [4.69, 9.17) is 0 Å². The molecule has 0 aliphatic heterocycles. The van der Waals surface area contributed by atoms with Gasteiger partial charge in [0.15, 0.2) is 0 Å². The maximum Gasteiger partial charge on any atom is 0.134 e. The third-order valence-corrected chi connectivity index (χ3v) is 6.77. The van der Waals surface area contributed by atoms with Gasteiger partial charge in [0.2, 0.25) is 0 Å². The lowest BCUT2D eigenvalue weighted by Crippen LogP contribution is -2.38. The monoisotopic (exact) mass is 328 g/mol. The number of rotatable bonds is 8. The maximum atomic E-state index is 14.3. The van der Waals surface area contributed by atoms with E-state index >= 15 is 0 Å². The molecule has 2 heteroatoms. The Balaban J connectivity index is 1.63. The molecule has 0 N–H and O–H groups in total. The van der Waals surface area contributed by atoms with Crippen LogP contribution in [0.25, 0.3) is 0 Å². The average Bonchev–Trinajstić information content (AvgIpc) is 2.58. The summed E-state index contributed by atoms with van der Waals surface area (Å²) in [5, 5.41) is 0. The van der Waals surface area contributed by atoms with Crippen molar-refractivity contribution in [1.29, 1.82) is 0 Å². The molecule has 2 aliphatic carbocycles. The zero-order valence-electron chi connectivity index (χ0n) is 15.4. The number of hydrogen-bond acceptors (Lipinski definition) is 0. The van der Waals surface area contributed by atoms with Crippen molar-refractivity contribution in [1.82, 2.24) is 0 Å². The minimum absolute atomic E-state index is 0.00456. The van der Waals surface area contributed by atoms with E-state index in [9.17, 15) is 8.78 Å². The molecule has 2 fully saturated rings. The third-order valence-electron chi connectivity index (χ3n) is 6.77. The van der Waals surface area contributed by atoms with Gasteiger partial charge in [-0.05, 0) is 42.9 Å². The van der Waals surface area contributed by atoms with E-state index in [1.807, 2.05) is 6.92 Å². The third kappa shape index (κ3) is 5.71. The van der Waals surface area contributed by atoms with Crippen molar-refractivity contribution in [3.8, 4) is 0 Å². The molecule has 2 aliphatic rings. The van der Waals surface area contributed by atoms with E-state index < -0.39 is 12.3 Å². The van der Waals surface area contributed by atoms with Crippen molar-refractivity contribution >= 4 is 0 Å². The molecule has 0 aromatic heterocycles. The van der Waals surface area contributed by atoms with Crippen LogP contribution in [0.15, 0.2) is 0 Å². The minimum atomic E-state index is -1.20. The van der Waals surface area contributed by atoms with Gasteiger partial charge in [0, 0.05) is 0 Å². The van der Waals surface area contributed by atoms with Crippen molar-refractivity contribution in [2.75, 3.05) is 0 Å². The van der Waals surface area contributed by atoms with Crippen LogP contribution in [0.5, 0.6) is 0 Å². The highest BCUT2D eigenvalue weighted by Crippen LogP contribution is 2.40. The first-order chi connectivity index (χ1) is 11.2. The SMILES string of the molecule is CCCCCC1CCC(CCC2CCC(CC)C(F)C2F)CC1. The van der Waals surface area contributed by atoms with Gasteiger partial charge in [0.25, 0.3) is 0 Å². The Morgan fingerprint density at radius 2 is 1.22 bits per heavy atom. The van der Waals surface area contributed by atoms with Crippen LogP contribution in [0.1, 0.15) is 97.3 Å². The second-order valence-corrected chi connectivity index (χ2v) is 8.35. The predicted octanol–water partition coefficient (Wildman–Crippen LogP) is 7.27. The summed E-state index contributed by atoms with van der Waals surface area (Å²) in [5.74, 6) is 1.70. The van der Waals surface area contributed by atoms with Crippen LogP contribution < -0.4 is 0 Å². The lowest BCUT2D eigenvalue weighted by atomic mass is 9.73. The van der Waals surface area contributed by atoms with E-state index in [2.05, 4.69) is 6.92 Å². The van der Waals surface area contributed by atoms with Crippen LogP contribution in [0, 0.1) is 23.7 Å². The summed E-state index contributed by atoms with van der Waals surface area (Å²) < 4.78 is 28.4. The molecule has 136 valence electrons. The first-order valence-electron chi connectivity index (χ1n) is 10.4. The zero-order valence-corrected chi connectivity index (χ0v) is 15.4. The van der Waals surface area contributed by atoms with Crippen molar-refractivity contribution in [2.45, 2.75) is 110 Å². The van der Waals surface area contributed by atoms with Gasteiger partial charge in [0.05, 0.1) is 0 Å². The fourth-order valence-electron chi connectivity index (χ4n) is 4.94. The van der Waals surface area contributed by atoms with E-state index in [1.165, 1.54) is 51.4 Å². The highest BCUT2D eigenvalue weighted by molar-refractivity contribution is 4.88. The molecule has 4 atom stereocenters. The van der Waals surface area contributed by atoms with Gasteiger partial charge in [-0.15, -0.1) is 0 Å². The van der Waals surface area contributed by atoms with Gasteiger partial charge < -0.3 is 0 Å². The summed E-state index contributed by atoms with van der Waals surface area (Å²) in [5.41, 5.74) is 0. The molecule has 0 nitrogen and oxygen atoms in total. The molecule has 23 heavy (non-hydrogen) atoms. The molecule has 0 aromatic rings. The van der Waals surface area contributed by atoms with Crippen LogP contribution in [0.2, 0.25) is 0 Å². The van der Waals surface area contributed by atoms with Gasteiger partial charge in [-0.25, -0.2) is 8.78 Å². The standard InChI is InChI=1S/C21H38F2/c1-3-5-6-7-16-8-10-17(11-9-16)12-13-19-15-14-18(4-2)20(22)21(19)23/h16-21H,3-15H2,1-2H3. The fourth-order valence-corrected chi connectivity index (χ4v) is 4.94. The Morgan fingerprint density at radius 1 is 0.652 bits per heavy atom. The van der Waals surface area contributed by atoms with E-state index in [-0.39, 0.29) is 11.8 Å². The second-order valence-electron chi connectivity index (χ2n) is 8.35. The van der Waals surface area contributed by atoms with Crippen LogP contribution in [0.4, 0.5) is 8.78 Å². The Bertz CT molecular complexity index is 309. The van der Waals surface area contributed by atoms with E-state index in [1.54, 1.807) is 0 Å². The summed E-state index contributed by atoms with van der Waals surface area (Å²) in [6.07, 6.45) is 13.2. The van der Waals surface area contributed by atoms with Crippen LogP contribution in [0.3, 0.4) is 0 Å². The summed E-state index contributed by atoms with van der Waals surface area (Å²) in [6, 6.07) is 0. The van der Waals surface area contributed by atoms with Gasteiger partial charge in [-0.3, -0.25) is 0 Å². The van der Waals surface area contributed by atoms with Gasteiger partial charge in [-0.1, -0.05) is 78.1 Å². The number of hydrogen-bond donors (Lipinski definition) is 0. The largest absolute Gasteiger partial charge is 0.244 e. The van der Waals surface area contributed by atoms with Crippen molar-refractivity contribution in [2.24, 2.45) is 23.7 Å². The Labute approximate surface area is 142 Å². The second kappa shape index (κ2) is 9.99. The Hall–Kier alpha value is -0.140. The summed E-state index contributed by atoms with van der Waals surface area (Å²) in [6.45, 7) is 4.26. The molecular formula is C21H38F2. The fraction of sp³-hybridized carbons (Fsp3) is 1.00. The maximum absolute atomic E-state index is 14.3. The Kier molecular flexibility index (Phi) is 8.33. The predicted molar refractivity (Wildman–Crippen MR) is 95.1 cm³/mol. The number of unbranched alkanes of at least 4 members (excludes halogenated alkanes) is 2. The van der Waals surface area contributed by atoms with Crippen molar-refractivity contribution in [3.63, 3.8) is 0 Å². The summed E-state index contributed by atoms with van der Waals surface area (Å²) in [7, 11) is 0. The molecule has 2 saturated carbocycles. The molecule has 4 unspecified atom stereocenters. The van der Waals surface area contributed by atoms with Crippen LogP contribution >= 0.6 is 0 Å². The zero-order chi connectivity index (χ0) is 16.7. The molecule has 0 bridgehead atoms. The molecule has 0 aromatic carbocycles. The van der Waals surface area contributed by atoms with E-state index in [0.29, 0.717) is 0 Å². The molecule has 0 heterocycles. The van der Waals surface area contributed by atoms with Crippen LogP contribution in [-0.2, 0) is 0 Å². The molecule has 0 amide bonds. The normalized spacial score (nSPS) is 38.6. The van der Waals surface area contributed by atoms with Gasteiger partial charge in [-0.2, -0.15) is 0 Å². The minimum Gasteiger partial charge on any atom is -0.244 e. The van der Waals surface area contributed by atoms with Crippen molar-refractivity contribution in [3.05, 3.63) is 0 Å². The summed E-state index contributed by atoms with van der Waals surface area (Å²) in [4.78, 5) is 0. The molecular weight excluding hydrogens is 290 g/mol. The smallest absolute Gasteiger partial charge is 0.134 e. The summed E-state index contributed by atoms with van der Waals surface area (Å²) >= 11 is 0. The van der Waals surface area contributed by atoms with Gasteiger partial charge in [0.1, 0.15) is 12.3 Å². The highest BCUT2D eigenvalue weighted by atomic mass is 19.2. The van der Waals surface area contributed by atoms with Gasteiger partial charge >= 0.3 is 0 Å². The molecule has 0 spiro atoms. The topological polar surface area (TPSA) is 0 Å². The molecule has 0 saturated heterocycles. The lowest BCUT2D eigenvalue weighted by Gasteiger charge is -2.36. The first-order valence-corrected chi connectivity index (χ1v) is 10.4. The van der Waals surface area contributed by atoms with E-state index in [0.717, 1.165) is 43.9 Å². The number of alkyl halides is 2. The quantitative estimate of drug-likeness (QED) is 0.411. The first kappa shape index (κ1) is 19.2. The number of halogens is 2. The van der Waals surface area contributed by atoms with Crippen LogP contribution in [-0.4, -0.2) is 12.3 Å². The lowest BCUT2D eigenvalue weighted by molar-refractivity contribution is 0.0152. The highest BCUT2D eigenvalue weighted by Gasteiger charge is 2.39. The molecule has 2 rings (SSSR count). The van der Waals surface area contributed by atoms with Crippen molar-refractivity contribution < 1.29 is 8.78 Å². The average molecular weight is 329 g/mol. The Morgan fingerprint density at radius 3 is 1.83 bits per heavy atom.